The first-order valence-electron chi connectivity index (χ1n) is 5.20. The van der Waals surface area contributed by atoms with Crippen LogP contribution in [0.2, 0.25) is 10.3 Å². The Morgan fingerprint density at radius 3 is 2.68 bits per heavy atom. The van der Waals surface area contributed by atoms with Crippen molar-refractivity contribution in [3.05, 3.63) is 56.3 Å². The van der Waals surface area contributed by atoms with E-state index in [1.165, 1.54) is 6.07 Å². The number of amides is 1. The quantitative estimate of drug-likeness (QED) is 0.865. The molecule has 2 heterocycles. The van der Waals surface area contributed by atoms with E-state index in [-0.39, 0.29) is 15.9 Å². The Morgan fingerprint density at radius 2 is 2.11 bits per heavy atom. The second-order valence-electron chi connectivity index (χ2n) is 3.73. The van der Waals surface area contributed by atoms with Gasteiger partial charge in [0.1, 0.15) is 11.4 Å². The molecule has 0 aliphatic heterocycles. The van der Waals surface area contributed by atoms with E-state index in [4.69, 9.17) is 23.2 Å². The highest BCUT2D eigenvalue weighted by Crippen LogP contribution is 2.26. The highest BCUT2D eigenvalue weighted by atomic mass is 35.5. The van der Waals surface area contributed by atoms with Crippen molar-refractivity contribution >= 4 is 34.8 Å². The number of anilines is 1. The minimum absolute atomic E-state index is 0.0933. The molecule has 0 bridgehead atoms. The van der Waals surface area contributed by atoms with E-state index in [0.717, 1.165) is 12.3 Å². The van der Waals surface area contributed by atoms with Gasteiger partial charge in [-0.3, -0.25) is 4.79 Å². The van der Waals surface area contributed by atoms with Gasteiger partial charge in [-0.2, -0.15) is 0 Å². The molecule has 0 aliphatic rings. The zero-order valence-corrected chi connectivity index (χ0v) is 11.2. The number of hydrogen-bond acceptors (Lipinski definition) is 4. The van der Waals surface area contributed by atoms with E-state index in [1.807, 2.05) is 0 Å². The standard InChI is InChI=1S/C12H8Cl2N2O3/c1-6-4-8(13)15-11(14)10(6)16-12(18)7-2-3-9(17)19-5-7/h2-5H,1H3,(H,16,18). The van der Waals surface area contributed by atoms with Crippen LogP contribution >= 0.6 is 23.2 Å². The lowest BCUT2D eigenvalue weighted by atomic mass is 10.2. The maximum atomic E-state index is 11.9. The fourth-order valence-electron chi connectivity index (χ4n) is 1.42. The monoisotopic (exact) mass is 298 g/mol. The molecule has 0 unspecified atom stereocenters. The summed E-state index contributed by atoms with van der Waals surface area (Å²) in [5, 5.41) is 2.92. The Labute approximate surface area is 118 Å². The van der Waals surface area contributed by atoms with E-state index in [0.29, 0.717) is 11.3 Å². The number of hydrogen-bond donors (Lipinski definition) is 1. The normalized spacial score (nSPS) is 10.3. The molecule has 0 atom stereocenters. The first kappa shape index (κ1) is 13.6. The van der Waals surface area contributed by atoms with Gasteiger partial charge in [0.2, 0.25) is 0 Å². The number of carbonyl (C=O) groups excluding carboxylic acids is 1. The summed E-state index contributed by atoms with van der Waals surface area (Å²) in [6.45, 7) is 1.74. The van der Waals surface area contributed by atoms with Gasteiger partial charge in [0.15, 0.2) is 5.15 Å². The van der Waals surface area contributed by atoms with Gasteiger partial charge in [0.25, 0.3) is 5.91 Å². The van der Waals surface area contributed by atoms with Gasteiger partial charge in [-0.05, 0) is 24.6 Å². The summed E-state index contributed by atoms with van der Waals surface area (Å²) in [5.41, 5.74) is 0.710. The summed E-state index contributed by atoms with van der Waals surface area (Å²) in [6, 6.07) is 4.09. The molecular weight excluding hydrogens is 291 g/mol. The summed E-state index contributed by atoms with van der Waals surface area (Å²) >= 11 is 11.6. The van der Waals surface area contributed by atoms with Crippen LogP contribution in [-0.4, -0.2) is 10.9 Å². The molecule has 0 radical (unpaired) electrons. The van der Waals surface area contributed by atoms with Gasteiger partial charge in [-0.25, -0.2) is 9.78 Å². The number of carbonyl (C=O) groups is 1. The molecule has 7 heteroatoms. The average Bonchev–Trinajstić information content (AvgIpc) is 2.34. The Hall–Kier alpha value is -1.85. The predicted octanol–water partition coefficient (Wildman–Crippen LogP) is 2.90. The fourth-order valence-corrected chi connectivity index (χ4v) is 2.00. The molecule has 2 aromatic heterocycles. The Morgan fingerprint density at radius 1 is 1.37 bits per heavy atom. The lowest BCUT2D eigenvalue weighted by molar-refractivity contribution is 0.102. The van der Waals surface area contributed by atoms with E-state index < -0.39 is 11.5 Å². The van der Waals surface area contributed by atoms with Crippen molar-refractivity contribution in [1.82, 2.24) is 4.98 Å². The Kier molecular flexibility index (Phi) is 3.87. The smallest absolute Gasteiger partial charge is 0.335 e. The SMILES string of the molecule is Cc1cc(Cl)nc(Cl)c1NC(=O)c1ccc(=O)oc1. The Bertz CT molecular complexity index is 654. The molecule has 98 valence electrons. The van der Waals surface area contributed by atoms with E-state index in [9.17, 15) is 9.59 Å². The second-order valence-corrected chi connectivity index (χ2v) is 4.47. The molecule has 0 aliphatic carbocycles. The number of nitrogens with one attached hydrogen (secondary N) is 1. The molecular formula is C12H8Cl2N2O3. The van der Waals surface area contributed by atoms with Crippen LogP contribution < -0.4 is 10.9 Å². The lowest BCUT2D eigenvalue weighted by Gasteiger charge is -2.09. The van der Waals surface area contributed by atoms with Crippen LogP contribution in [-0.2, 0) is 0 Å². The first-order chi connectivity index (χ1) is 8.97. The molecule has 0 aromatic carbocycles. The summed E-state index contributed by atoms with van der Waals surface area (Å²) in [5.74, 6) is -0.460. The van der Waals surface area contributed by atoms with Crippen molar-refractivity contribution in [2.24, 2.45) is 0 Å². The third-order valence-electron chi connectivity index (χ3n) is 2.34. The molecule has 0 spiro atoms. The molecule has 1 amide bonds. The van der Waals surface area contributed by atoms with Crippen molar-refractivity contribution in [2.75, 3.05) is 5.32 Å². The molecule has 0 saturated carbocycles. The van der Waals surface area contributed by atoms with Gasteiger partial charge < -0.3 is 9.73 Å². The number of rotatable bonds is 2. The van der Waals surface area contributed by atoms with Crippen LogP contribution in [0.1, 0.15) is 15.9 Å². The van der Waals surface area contributed by atoms with Gasteiger partial charge in [0.05, 0.1) is 11.3 Å². The maximum absolute atomic E-state index is 11.9. The van der Waals surface area contributed by atoms with Crippen LogP contribution in [0.5, 0.6) is 0 Å². The molecule has 5 nitrogen and oxygen atoms in total. The zero-order chi connectivity index (χ0) is 14.0. The van der Waals surface area contributed by atoms with Crippen molar-refractivity contribution in [1.29, 1.82) is 0 Å². The minimum atomic E-state index is -0.529. The van der Waals surface area contributed by atoms with Crippen LogP contribution in [0, 0.1) is 6.92 Å². The molecule has 1 N–H and O–H groups in total. The van der Waals surface area contributed by atoms with Gasteiger partial charge in [-0.1, -0.05) is 23.2 Å². The van der Waals surface area contributed by atoms with Gasteiger partial charge in [-0.15, -0.1) is 0 Å². The number of halogens is 2. The van der Waals surface area contributed by atoms with E-state index in [2.05, 4.69) is 14.7 Å². The summed E-state index contributed by atoms with van der Waals surface area (Å²) in [7, 11) is 0. The van der Waals surface area contributed by atoms with Crippen LogP contribution in [0.3, 0.4) is 0 Å². The highest BCUT2D eigenvalue weighted by molar-refractivity contribution is 6.35. The number of nitrogens with zero attached hydrogens (tertiary/aromatic N) is 1. The highest BCUT2D eigenvalue weighted by Gasteiger charge is 2.13. The summed E-state index contributed by atoms with van der Waals surface area (Å²) in [4.78, 5) is 26.6. The van der Waals surface area contributed by atoms with Crippen molar-refractivity contribution in [3.63, 3.8) is 0 Å². The summed E-state index contributed by atoms with van der Waals surface area (Å²) < 4.78 is 4.61. The van der Waals surface area contributed by atoms with Crippen molar-refractivity contribution in [3.8, 4) is 0 Å². The average molecular weight is 299 g/mol. The molecule has 0 saturated heterocycles. The predicted molar refractivity (Wildman–Crippen MR) is 71.9 cm³/mol. The third-order valence-corrected chi connectivity index (χ3v) is 2.81. The Balaban J connectivity index is 2.29. The van der Waals surface area contributed by atoms with Crippen molar-refractivity contribution < 1.29 is 9.21 Å². The third kappa shape index (κ3) is 3.13. The molecule has 2 rings (SSSR count). The first-order valence-corrected chi connectivity index (χ1v) is 5.96. The minimum Gasteiger partial charge on any atom is -0.430 e. The zero-order valence-electron chi connectivity index (χ0n) is 9.74. The van der Waals surface area contributed by atoms with Crippen LogP contribution in [0.4, 0.5) is 5.69 Å². The summed E-state index contributed by atoms with van der Waals surface area (Å²) in [6.07, 6.45) is 1.07. The van der Waals surface area contributed by atoms with Crippen LogP contribution in [0.15, 0.2) is 33.7 Å². The molecule has 2 aromatic rings. The topological polar surface area (TPSA) is 72.2 Å². The van der Waals surface area contributed by atoms with Crippen LogP contribution in [0.25, 0.3) is 0 Å². The lowest BCUT2D eigenvalue weighted by Crippen LogP contribution is -2.14. The van der Waals surface area contributed by atoms with Crippen molar-refractivity contribution in [2.45, 2.75) is 6.92 Å². The van der Waals surface area contributed by atoms with E-state index in [1.54, 1.807) is 13.0 Å². The molecule has 19 heavy (non-hydrogen) atoms. The number of aromatic nitrogens is 1. The number of aryl methyl sites for hydroxylation is 1. The number of pyridine rings is 1. The molecule has 0 fully saturated rings. The van der Waals surface area contributed by atoms with Gasteiger partial charge >= 0.3 is 5.63 Å². The second kappa shape index (κ2) is 5.42. The largest absolute Gasteiger partial charge is 0.430 e. The van der Waals surface area contributed by atoms with E-state index >= 15 is 0 Å². The maximum Gasteiger partial charge on any atom is 0.335 e. The van der Waals surface area contributed by atoms with Gasteiger partial charge in [0, 0.05) is 6.07 Å². The fraction of sp³-hybridized carbons (Fsp3) is 0.0833.